The number of nitrogens with zero attached hydrogens (tertiary/aromatic N) is 5. The van der Waals surface area contributed by atoms with Gasteiger partial charge in [-0.25, -0.2) is 9.67 Å². The summed E-state index contributed by atoms with van der Waals surface area (Å²) in [6, 6.07) is 10.4. The molecule has 1 amide bonds. The van der Waals surface area contributed by atoms with E-state index in [2.05, 4.69) is 67.6 Å². The zero-order valence-electron chi connectivity index (χ0n) is 17.2. The van der Waals surface area contributed by atoms with Crippen molar-refractivity contribution in [2.24, 2.45) is 0 Å². The van der Waals surface area contributed by atoms with Crippen LogP contribution in [-0.2, 0) is 24.4 Å². The Morgan fingerprint density at radius 3 is 2.63 bits per heavy atom. The van der Waals surface area contributed by atoms with Crippen molar-refractivity contribution in [2.75, 3.05) is 0 Å². The molecule has 0 spiro atoms. The number of benzene rings is 1. The summed E-state index contributed by atoms with van der Waals surface area (Å²) in [6.45, 7) is 7.28. The van der Waals surface area contributed by atoms with Crippen LogP contribution in [0.25, 0.3) is 22.2 Å². The number of aromatic nitrogens is 5. The zero-order chi connectivity index (χ0) is 21.3. The van der Waals surface area contributed by atoms with E-state index in [1.165, 1.54) is 5.56 Å². The van der Waals surface area contributed by atoms with Gasteiger partial charge in [0.15, 0.2) is 5.65 Å². The molecule has 0 aliphatic heterocycles. The summed E-state index contributed by atoms with van der Waals surface area (Å²) in [6.07, 6.45) is 3.51. The van der Waals surface area contributed by atoms with Crippen LogP contribution in [0.3, 0.4) is 0 Å². The molecule has 30 heavy (non-hydrogen) atoms. The minimum Gasteiger partial charge on any atom is -0.349 e. The second-order valence-electron chi connectivity index (χ2n) is 7.20. The fourth-order valence-corrected chi connectivity index (χ4v) is 4.01. The molecule has 0 fully saturated rings. The van der Waals surface area contributed by atoms with Crippen LogP contribution in [-0.4, -0.2) is 30.5 Å². The van der Waals surface area contributed by atoms with Crippen LogP contribution in [0.15, 0.2) is 47.2 Å². The van der Waals surface area contributed by atoms with E-state index < -0.39 is 0 Å². The molecule has 0 saturated heterocycles. The second kappa shape index (κ2) is 8.39. The summed E-state index contributed by atoms with van der Waals surface area (Å²) < 4.78 is 4.41. The van der Waals surface area contributed by atoms with Crippen molar-refractivity contribution >= 4 is 32.9 Å². The molecule has 0 aliphatic rings. The average molecular weight is 467 g/mol. The molecule has 0 bridgehead atoms. The van der Waals surface area contributed by atoms with Crippen molar-refractivity contribution in [1.82, 2.24) is 29.9 Å². The monoisotopic (exact) mass is 466 g/mol. The third-order valence-corrected chi connectivity index (χ3v) is 5.78. The van der Waals surface area contributed by atoms with Gasteiger partial charge in [-0.05, 0) is 53.9 Å². The number of carbonyl (C=O) groups excluding carboxylic acids is 1. The largest absolute Gasteiger partial charge is 0.349 e. The van der Waals surface area contributed by atoms with E-state index >= 15 is 0 Å². The highest BCUT2D eigenvalue weighted by Crippen LogP contribution is 2.30. The first kappa shape index (κ1) is 20.3. The van der Waals surface area contributed by atoms with Gasteiger partial charge in [0.1, 0.15) is 6.54 Å². The number of rotatable bonds is 6. The highest BCUT2D eigenvalue weighted by atomic mass is 79.9. The van der Waals surface area contributed by atoms with Gasteiger partial charge in [0.2, 0.25) is 5.91 Å². The SMILES string of the molecule is CCn1ncc(Br)c1CNC(=O)Cn1nc(C)c2c(-c3ccc(C)cc3)ccnc21. The Hall–Kier alpha value is -3.00. The minimum absolute atomic E-state index is 0.104. The van der Waals surface area contributed by atoms with Gasteiger partial charge < -0.3 is 5.32 Å². The van der Waals surface area contributed by atoms with Crippen molar-refractivity contribution in [2.45, 2.75) is 40.4 Å². The highest BCUT2D eigenvalue weighted by Gasteiger charge is 2.16. The standard InChI is InChI=1S/C22H23BrN6O/c1-4-28-19(18(23)11-26-28)12-25-20(30)13-29-22-21(15(3)27-29)17(9-10-24-22)16-7-5-14(2)6-8-16/h5-11H,4,12-13H2,1-3H3,(H,25,30). The molecular formula is C22H23BrN6O. The topological polar surface area (TPSA) is 77.6 Å². The summed E-state index contributed by atoms with van der Waals surface area (Å²) in [7, 11) is 0. The van der Waals surface area contributed by atoms with Gasteiger partial charge in [-0.2, -0.15) is 10.2 Å². The van der Waals surface area contributed by atoms with Gasteiger partial charge in [-0.1, -0.05) is 29.8 Å². The van der Waals surface area contributed by atoms with Crippen molar-refractivity contribution in [1.29, 1.82) is 0 Å². The van der Waals surface area contributed by atoms with Crippen LogP contribution in [0.2, 0.25) is 0 Å². The van der Waals surface area contributed by atoms with E-state index in [9.17, 15) is 4.79 Å². The molecule has 7 nitrogen and oxygen atoms in total. The molecule has 1 N–H and O–H groups in total. The molecule has 0 saturated carbocycles. The Morgan fingerprint density at radius 2 is 1.90 bits per heavy atom. The molecule has 0 aliphatic carbocycles. The summed E-state index contributed by atoms with van der Waals surface area (Å²) in [5, 5.41) is 12.8. The number of aryl methyl sites for hydroxylation is 3. The molecule has 0 radical (unpaired) electrons. The maximum absolute atomic E-state index is 12.6. The Bertz CT molecular complexity index is 1210. The van der Waals surface area contributed by atoms with Crippen LogP contribution >= 0.6 is 15.9 Å². The van der Waals surface area contributed by atoms with E-state index in [-0.39, 0.29) is 12.5 Å². The summed E-state index contributed by atoms with van der Waals surface area (Å²) in [5.41, 5.74) is 5.89. The first-order valence-electron chi connectivity index (χ1n) is 9.84. The van der Waals surface area contributed by atoms with E-state index in [1.807, 2.05) is 24.6 Å². The molecule has 4 rings (SSSR count). The molecule has 0 atom stereocenters. The lowest BCUT2D eigenvalue weighted by Crippen LogP contribution is -2.28. The quantitative estimate of drug-likeness (QED) is 0.465. The highest BCUT2D eigenvalue weighted by molar-refractivity contribution is 9.10. The summed E-state index contributed by atoms with van der Waals surface area (Å²) in [5.74, 6) is -0.127. The van der Waals surface area contributed by atoms with Crippen molar-refractivity contribution < 1.29 is 4.79 Å². The lowest BCUT2D eigenvalue weighted by molar-refractivity contribution is -0.122. The van der Waals surface area contributed by atoms with Crippen LogP contribution < -0.4 is 5.32 Å². The normalized spacial score (nSPS) is 11.2. The number of amides is 1. The molecule has 154 valence electrons. The van der Waals surface area contributed by atoms with Gasteiger partial charge in [-0.15, -0.1) is 0 Å². The predicted octanol–water partition coefficient (Wildman–Crippen LogP) is 4.01. The Kier molecular flexibility index (Phi) is 5.67. The molecular weight excluding hydrogens is 444 g/mol. The number of hydrogen-bond acceptors (Lipinski definition) is 4. The first-order chi connectivity index (χ1) is 14.5. The second-order valence-corrected chi connectivity index (χ2v) is 8.05. The number of nitrogens with one attached hydrogen (secondary N) is 1. The van der Waals surface area contributed by atoms with Crippen molar-refractivity contribution in [3.63, 3.8) is 0 Å². The zero-order valence-corrected chi connectivity index (χ0v) is 18.8. The van der Waals surface area contributed by atoms with E-state index in [0.29, 0.717) is 12.2 Å². The average Bonchev–Trinajstić information content (AvgIpc) is 3.26. The first-order valence-corrected chi connectivity index (χ1v) is 10.6. The van der Waals surface area contributed by atoms with Crippen LogP contribution in [0.5, 0.6) is 0 Å². The van der Waals surface area contributed by atoms with Crippen molar-refractivity contribution in [3.8, 4) is 11.1 Å². The number of fused-ring (bicyclic) bond motifs is 1. The van der Waals surface area contributed by atoms with Gasteiger partial charge in [0.05, 0.1) is 28.6 Å². The van der Waals surface area contributed by atoms with E-state index in [1.54, 1.807) is 17.1 Å². The third kappa shape index (κ3) is 3.87. The summed E-state index contributed by atoms with van der Waals surface area (Å²) in [4.78, 5) is 17.1. The van der Waals surface area contributed by atoms with Crippen LogP contribution in [0.4, 0.5) is 0 Å². The van der Waals surface area contributed by atoms with E-state index in [0.717, 1.165) is 38.9 Å². The Balaban J connectivity index is 1.58. The van der Waals surface area contributed by atoms with Crippen LogP contribution in [0.1, 0.15) is 23.9 Å². The van der Waals surface area contributed by atoms with Crippen LogP contribution in [0, 0.1) is 13.8 Å². The molecule has 3 heterocycles. The van der Waals surface area contributed by atoms with Gasteiger partial charge >= 0.3 is 0 Å². The van der Waals surface area contributed by atoms with Gasteiger partial charge in [-0.3, -0.25) is 9.48 Å². The van der Waals surface area contributed by atoms with E-state index in [4.69, 9.17) is 0 Å². The minimum atomic E-state index is -0.127. The fraction of sp³-hybridized carbons (Fsp3) is 0.273. The van der Waals surface area contributed by atoms with Crippen molar-refractivity contribution in [3.05, 3.63) is 64.1 Å². The Morgan fingerprint density at radius 1 is 1.13 bits per heavy atom. The smallest absolute Gasteiger partial charge is 0.242 e. The molecule has 8 heteroatoms. The van der Waals surface area contributed by atoms with Gasteiger partial charge in [0, 0.05) is 18.1 Å². The number of hydrogen-bond donors (Lipinski definition) is 1. The maximum Gasteiger partial charge on any atom is 0.242 e. The predicted molar refractivity (Wildman–Crippen MR) is 120 cm³/mol. The summed E-state index contributed by atoms with van der Waals surface area (Å²) >= 11 is 3.48. The third-order valence-electron chi connectivity index (χ3n) is 5.11. The molecule has 4 aromatic rings. The Labute approximate surface area is 183 Å². The lowest BCUT2D eigenvalue weighted by Gasteiger charge is -2.09. The molecule has 1 aromatic carbocycles. The fourth-order valence-electron chi connectivity index (χ4n) is 3.58. The number of pyridine rings is 1. The number of carbonyl (C=O) groups is 1. The maximum atomic E-state index is 12.6. The van der Waals surface area contributed by atoms with Gasteiger partial charge in [0.25, 0.3) is 0 Å². The molecule has 0 unspecified atom stereocenters. The molecule has 3 aromatic heterocycles. The number of halogens is 1. The lowest BCUT2D eigenvalue weighted by atomic mass is 10.0.